The van der Waals surface area contributed by atoms with Crippen LogP contribution in [0.4, 0.5) is 5.69 Å². The molecule has 2 aliphatic rings. The maximum atomic E-state index is 5.63. The first-order chi connectivity index (χ1) is 8.45. The second-order valence-corrected chi connectivity index (χ2v) is 4.87. The third-order valence-corrected chi connectivity index (χ3v) is 3.72. The lowest BCUT2D eigenvalue weighted by atomic mass is 10.1. The normalized spacial score (nSPS) is 25.2. The first-order valence-electron chi connectivity index (χ1n) is 6.58. The average Bonchev–Trinajstić information content (AvgIpc) is 2.62. The van der Waals surface area contributed by atoms with E-state index < -0.39 is 0 Å². The first-order valence-corrected chi connectivity index (χ1v) is 6.58. The zero-order valence-corrected chi connectivity index (χ0v) is 10.2. The standard InChI is InChI=1S/C14H20N2O/c1-2-6-14-12(4-1)10-15-7-8-16(14)13-5-3-9-17-11-13/h1-2,4,6,13,15H,3,5,7-11H2. The molecule has 3 heteroatoms. The predicted molar refractivity (Wildman–Crippen MR) is 69.3 cm³/mol. The van der Waals surface area contributed by atoms with Gasteiger partial charge in [-0.3, -0.25) is 0 Å². The van der Waals surface area contributed by atoms with Crippen LogP contribution in [0.2, 0.25) is 0 Å². The van der Waals surface area contributed by atoms with Crippen LogP contribution in [0.3, 0.4) is 0 Å². The van der Waals surface area contributed by atoms with Gasteiger partial charge in [0, 0.05) is 31.9 Å². The molecule has 1 saturated heterocycles. The smallest absolute Gasteiger partial charge is 0.0670 e. The number of anilines is 1. The molecule has 1 aromatic rings. The third-order valence-electron chi connectivity index (χ3n) is 3.72. The Kier molecular flexibility index (Phi) is 3.29. The fourth-order valence-electron chi connectivity index (χ4n) is 2.83. The van der Waals surface area contributed by atoms with Crippen LogP contribution in [0.5, 0.6) is 0 Å². The van der Waals surface area contributed by atoms with E-state index in [-0.39, 0.29) is 0 Å². The summed E-state index contributed by atoms with van der Waals surface area (Å²) in [6.07, 6.45) is 2.45. The van der Waals surface area contributed by atoms with E-state index in [9.17, 15) is 0 Å². The number of fused-ring (bicyclic) bond motifs is 1. The van der Waals surface area contributed by atoms with Gasteiger partial charge in [0.1, 0.15) is 0 Å². The number of hydrogen-bond acceptors (Lipinski definition) is 3. The van der Waals surface area contributed by atoms with Crippen LogP contribution in [0.1, 0.15) is 18.4 Å². The second kappa shape index (κ2) is 5.07. The van der Waals surface area contributed by atoms with Crippen molar-refractivity contribution < 1.29 is 4.74 Å². The molecule has 2 heterocycles. The summed E-state index contributed by atoms with van der Waals surface area (Å²) in [6, 6.07) is 9.30. The molecule has 1 unspecified atom stereocenters. The second-order valence-electron chi connectivity index (χ2n) is 4.87. The van der Waals surface area contributed by atoms with E-state index in [1.165, 1.54) is 24.1 Å². The third kappa shape index (κ3) is 2.31. The molecule has 0 radical (unpaired) electrons. The average molecular weight is 232 g/mol. The Labute approximate surface area is 103 Å². The number of rotatable bonds is 1. The highest BCUT2D eigenvalue weighted by molar-refractivity contribution is 5.55. The fraction of sp³-hybridized carbons (Fsp3) is 0.571. The summed E-state index contributed by atoms with van der Waals surface area (Å²) in [7, 11) is 0. The van der Waals surface area contributed by atoms with Crippen LogP contribution in [-0.4, -0.2) is 32.3 Å². The number of para-hydroxylation sites is 1. The molecular formula is C14H20N2O. The molecule has 1 fully saturated rings. The summed E-state index contributed by atoms with van der Waals surface area (Å²) in [6.45, 7) is 4.95. The van der Waals surface area contributed by atoms with E-state index in [0.717, 1.165) is 32.8 Å². The van der Waals surface area contributed by atoms with Crippen molar-refractivity contribution >= 4 is 5.69 Å². The molecule has 0 amide bonds. The van der Waals surface area contributed by atoms with Gasteiger partial charge in [0.05, 0.1) is 12.6 Å². The van der Waals surface area contributed by atoms with Crippen LogP contribution in [-0.2, 0) is 11.3 Å². The van der Waals surface area contributed by atoms with Gasteiger partial charge in [-0.1, -0.05) is 18.2 Å². The van der Waals surface area contributed by atoms with Crippen LogP contribution in [0, 0.1) is 0 Å². The topological polar surface area (TPSA) is 24.5 Å². The molecule has 0 aliphatic carbocycles. The number of benzene rings is 1. The molecular weight excluding hydrogens is 212 g/mol. The summed E-state index contributed by atoms with van der Waals surface area (Å²) in [4.78, 5) is 2.54. The van der Waals surface area contributed by atoms with Crippen LogP contribution in [0.25, 0.3) is 0 Å². The predicted octanol–water partition coefficient (Wildman–Crippen LogP) is 1.78. The number of ether oxygens (including phenoxy) is 1. The molecule has 17 heavy (non-hydrogen) atoms. The summed E-state index contributed by atoms with van der Waals surface area (Å²) >= 11 is 0. The van der Waals surface area contributed by atoms with Crippen molar-refractivity contribution in [1.82, 2.24) is 5.32 Å². The summed E-state index contributed by atoms with van der Waals surface area (Å²) in [5.74, 6) is 0. The van der Waals surface area contributed by atoms with Crippen LogP contribution >= 0.6 is 0 Å². The Morgan fingerprint density at radius 1 is 1.29 bits per heavy atom. The summed E-state index contributed by atoms with van der Waals surface area (Å²) in [5.41, 5.74) is 2.81. The quantitative estimate of drug-likeness (QED) is 0.798. The molecule has 3 rings (SSSR count). The van der Waals surface area contributed by atoms with Crippen LogP contribution in [0.15, 0.2) is 24.3 Å². The molecule has 1 atom stereocenters. The van der Waals surface area contributed by atoms with Gasteiger partial charge in [-0.25, -0.2) is 0 Å². The Balaban J connectivity index is 1.88. The molecule has 0 saturated carbocycles. The Morgan fingerprint density at radius 3 is 3.12 bits per heavy atom. The van der Waals surface area contributed by atoms with Crippen molar-refractivity contribution in [1.29, 1.82) is 0 Å². The minimum Gasteiger partial charge on any atom is -0.379 e. The monoisotopic (exact) mass is 232 g/mol. The molecule has 0 aromatic heterocycles. The number of hydrogen-bond donors (Lipinski definition) is 1. The lowest BCUT2D eigenvalue weighted by molar-refractivity contribution is 0.0794. The van der Waals surface area contributed by atoms with Gasteiger partial charge >= 0.3 is 0 Å². The Morgan fingerprint density at radius 2 is 2.24 bits per heavy atom. The summed E-state index contributed by atoms with van der Waals surface area (Å²) < 4.78 is 5.63. The lowest BCUT2D eigenvalue weighted by Crippen LogP contribution is -2.43. The fourth-order valence-corrected chi connectivity index (χ4v) is 2.83. The van der Waals surface area contributed by atoms with Crippen molar-refractivity contribution in [2.24, 2.45) is 0 Å². The maximum absolute atomic E-state index is 5.63. The van der Waals surface area contributed by atoms with Crippen molar-refractivity contribution in [3.63, 3.8) is 0 Å². The van der Waals surface area contributed by atoms with Gasteiger partial charge in [0.25, 0.3) is 0 Å². The SMILES string of the molecule is c1ccc2c(c1)CNCCN2C1CCCOC1. The van der Waals surface area contributed by atoms with Gasteiger partial charge in [-0.2, -0.15) is 0 Å². The van der Waals surface area contributed by atoms with Gasteiger partial charge in [-0.05, 0) is 24.5 Å². The Bertz CT molecular complexity index is 374. The molecule has 1 aromatic carbocycles. The number of nitrogens with one attached hydrogen (secondary N) is 1. The van der Waals surface area contributed by atoms with Crippen molar-refractivity contribution in [3.8, 4) is 0 Å². The van der Waals surface area contributed by atoms with E-state index in [0.29, 0.717) is 6.04 Å². The molecule has 0 spiro atoms. The van der Waals surface area contributed by atoms with E-state index in [4.69, 9.17) is 4.74 Å². The maximum Gasteiger partial charge on any atom is 0.0670 e. The zero-order chi connectivity index (χ0) is 11.5. The number of nitrogens with zero attached hydrogens (tertiary/aromatic N) is 1. The molecule has 2 aliphatic heterocycles. The largest absolute Gasteiger partial charge is 0.379 e. The lowest BCUT2D eigenvalue weighted by Gasteiger charge is -2.35. The molecule has 92 valence electrons. The molecule has 3 nitrogen and oxygen atoms in total. The van der Waals surface area contributed by atoms with Crippen LogP contribution < -0.4 is 10.2 Å². The molecule has 1 N–H and O–H groups in total. The van der Waals surface area contributed by atoms with E-state index in [2.05, 4.69) is 34.5 Å². The minimum atomic E-state index is 0.560. The van der Waals surface area contributed by atoms with Crippen molar-refractivity contribution in [2.45, 2.75) is 25.4 Å². The Hall–Kier alpha value is -1.06. The summed E-state index contributed by atoms with van der Waals surface area (Å²) in [5, 5.41) is 3.49. The highest BCUT2D eigenvalue weighted by atomic mass is 16.5. The first kappa shape index (κ1) is 11.1. The van der Waals surface area contributed by atoms with Crippen molar-refractivity contribution in [3.05, 3.63) is 29.8 Å². The van der Waals surface area contributed by atoms with E-state index in [1.807, 2.05) is 0 Å². The van der Waals surface area contributed by atoms with Gasteiger partial charge < -0.3 is 15.0 Å². The zero-order valence-electron chi connectivity index (χ0n) is 10.2. The highest BCUT2D eigenvalue weighted by Crippen LogP contribution is 2.26. The van der Waals surface area contributed by atoms with Crippen molar-refractivity contribution in [2.75, 3.05) is 31.2 Å². The van der Waals surface area contributed by atoms with Gasteiger partial charge in [-0.15, -0.1) is 0 Å². The van der Waals surface area contributed by atoms with Gasteiger partial charge in [0.2, 0.25) is 0 Å². The van der Waals surface area contributed by atoms with E-state index >= 15 is 0 Å². The van der Waals surface area contributed by atoms with Gasteiger partial charge in [0.15, 0.2) is 0 Å². The highest BCUT2D eigenvalue weighted by Gasteiger charge is 2.24. The minimum absolute atomic E-state index is 0.560. The molecule has 0 bridgehead atoms. The van der Waals surface area contributed by atoms with E-state index in [1.54, 1.807) is 0 Å².